The zero-order chi connectivity index (χ0) is 38.9. The van der Waals surface area contributed by atoms with E-state index in [4.69, 9.17) is 30.8 Å². The summed E-state index contributed by atoms with van der Waals surface area (Å²) in [5.41, 5.74) is 9.93. The minimum absolute atomic E-state index is 0.0649. The number of halogens is 5. The van der Waals surface area contributed by atoms with E-state index in [1.165, 1.54) is 6.07 Å². The Kier molecular flexibility index (Phi) is 9.55. The van der Waals surface area contributed by atoms with Crippen molar-refractivity contribution in [3.05, 3.63) is 94.0 Å². The number of rotatable bonds is 8. The maximum atomic E-state index is 14.9. The minimum atomic E-state index is -4.38. The van der Waals surface area contributed by atoms with E-state index in [0.29, 0.717) is 55.2 Å². The molecular formula is C41H43ClF4N6O4. The molecule has 3 aromatic carbocycles. The Morgan fingerprint density at radius 2 is 1.95 bits per heavy atom. The quantitative estimate of drug-likeness (QED) is 0.163. The number of hydrogen-bond acceptors (Lipinski definition) is 8. The zero-order valence-corrected chi connectivity index (χ0v) is 31.7. The Hall–Kier alpha value is -4.21. The molecular weight excluding hydrogens is 752 g/mol. The topological polar surface area (TPSA) is 102 Å². The molecule has 0 bridgehead atoms. The molecule has 5 heterocycles. The number of alkyl halides is 3. The summed E-state index contributed by atoms with van der Waals surface area (Å²) >= 11 is 6.00. The summed E-state index contributed by atoms with van der Waals surface area (Å²) in [6, 6.07) is 14.0. The molecule has 15 heteroatoms. The predicted molar refractivity (Wildman–Crippen MR) is 201 cm³/mol. The number of benzene rings is 3. The number of carbonyl (C=O) groups is 1. The van der Waals surface area contributed by atoms with Crippen LogP contribution in [0, 0.1) is 17.7 Å². The number of aromatic nitrogens is 2. The van der Waals surface area contributed by atoms with Crippen molar-refractivity contribution in [1.82, 2.24) is 30.6 Å². The standard InChI is InChI=1S/C41H43ClF4N6O4/c1-22-29-18-26(19-31(41(44,45)46)37(29)50-49-22)47-39(53)24-6-9-34-33(16-24)48-36(52(34)20-27-12-15-54-27)21-51-13-10-23(11-14-51)28-4-3-5-35-38(28)56-40(2,55-35)30-8-7-25(42)17-32(30)43/h3-10,16-17,22,26-27,29,31,37,49-50H,11-15,18-21H2,1-2H3,(H,47,53)/t22?,26?,27?,29?,31?,37?,40-/m1/s1. The van der Waals surface area contributed by atoms with Crippen LogP contribution in [-0.2, 0) is 23.6 Å². The summed E-state index contributed by atoms with van der Waals surface area (Å²) in [4.78, 5) is 20.9. The molecule has 3 N–H and O–H groups in total. The van der Waals surface area contributed by atoms with Gasteiger partial charge in [0.15, 0.2) is 11.5 Å². The Morgan fingerprint density at radius 1 is 1.11 bits per heavy atom. The molecule has 6 unspecified atom stereocenters. The summed E-state index contributed by atoms with van der Waals surface area (Å²) in [5.74, 6) is -2.13. The second-order valence-electron chi connectivity index (χ2n) is 15.8. The van der Waals surface area contributed by atoms with Gasteiger partial charge in [-0.3, -0.25) is 20.5 Å². The summed E-state index contributed by atoms with van der Waals surface area (Å²) in [7, 11) is 0. The Labute approximate surface area is 326 Å². The molecule has 2 saturated heterocycles. The largest absolute Gasteiger partial charge is 0.444 e. The fraction of sp³-hybridized carbons (Fsp3) is 0.463. The maximum absolute atomic E-state index is 14.9. The molecule has 1 saturated carbocycles. The molecule has 0 radical (unpaired) electrons. The van der Waals surface area contributed by atoms with Gasteiger partial charge in [-0.1, -0.05) is 29.8 Å². The smallest absolute Gasteiger partial charge is 0.393 e. The van der Waals surface area contributed by atoms with E-state index in [0.717, 1.165) is 41.9 Å². The second-order valence-corrected chi connectivity index (χ2v) is 16.2. The van der Waals surface area contributed by atoms with Crippen LogP contribution in [0.3, 0.4) is 0 Å². The molecule has 10 nitrogen and oxygen atoms in total. The molecule has 3 fully saturated rings. The van der Waals surface area contributed by atoms with E-state index < -0.39 is 41.7 Å². The van der Waals surface area contributed by atoms with Gasteiger partial charge in [0.2, 0.25) is 0 Å². The highest BCUT2D eigenvalue weighted by Gasteiger charge is 2.54. The van der Waals surface area contributed by atoms with Crippen molar-refractivity contribution in [3.8, 4) is 11.5 Å². The summed E-state index contributed by atoms with van der Waals surface area (Å²) in [5, 5.41) is 3.21. The normalized spacial score (nSPS) is 28.9. The lowest BCUT2D eigenvalue weighted by atomic mass is 9.73. The highest BCUT2D eigenvalue weighted by molar-refractivity contribution is 6.30. The number of nitrogens with zero attached hydrogens (tertiary/aromatic N) is 3. The van der Waals surface area contributed by atoms with Crippen LogP contribution < -0.4 is 25.6 Å². The first-order valence-corrected chi connectivity index (χ1v) is 19.6. The van der Waals surface area contributed by atoms with E-state index in [1.54, 1.807) is 31.2 Å². The van der Waals surface area contributed by atoms with Crippen molar-refractivity contribution < 1.29 is 36.6 Å². The van der Waals surface area contributed by atoms with E-state index in [1.807, 2.05) is 31.2 Å². The van der Waals surface area contributed by atoms with Gasteiger partial charge >= 0.3 is 6.18 Å². The van der Waals surface area contributed by atoms with Crippen LogP contribution in [0.25, 0.3) is 16.6 Å². The molecule has 296 valence electrons. The third-order valence-corrected chi connectivity index (χ3v) is 12.4. The van der Waals surface area contributed by atoms with Crippen molar-refractivity contribution in [2.24, 2.45) is 11.8 Å². The molecule has 56 heavy (non-hydrogen) atoms. The first-order valence-electron chi connectivity index (χ1n) is 19.2. The van der Waals surface area contributed by atoms with Gasteiger partial charge in [0.05, 0.1) is 41.7 Å². The lowest BCUT2D eigenvalue weighted by Crippen LogP contribution is -2.53. The number of para-hydroxylation sites is 1. The fourth-order valence-corrected chi connectivity index (χ4v) is 9.19. The first-order chi connectivity index (χ1) is 26.8. The predicted octanol–water partition coefficient (Wildman–Crippen LogP) is 7.10. The SMILES string of the molecule is CC1NNC2C1CC(NC(=O)c1ccc3c(c1)nc(CN1CC=C(c4cccc5c4O[C@](C)(c4ccc(Cl)cc4F)O5)CC1)n3CC1CCO1)CC2C(F)(F)F. The second kappa shape index (κ2) is 14.3. The fourth-order valence-electron chi connectivity index (χ4n) is 9.03. The number of hydrogen-bond donors (Lipinski definition) is 3. The van der Waals surface area contributed by atoms with Crippen molar-refractivity contribution in [2.75, 3.05) is 19.7 Å². The molecule has 7 atom stereocenters. The maximum Gasteiger partial charge on any atom is 0.393 e. The van der Waals surface area contributed by atoms with E-state index in [9.17, 15) is 22.4 Å². The Balaban J connectivity index is 0.915. The number of carbonyl (C=O) groups excluding carboxylic acids is 1. The van der Waals surface area contributed by atoms with Crippen molar-refractivity contribution >= 4 is 34.1 Å². The van der Waals surface area contributed by atoms with Gasteiger partial charge in [-0.15, -0.1) is 0 Å². The summed E-state index contributed by atoms with van der Waals surface area (Å²) in [6.07, 6.45) is -0.201. The highest BCUT2D eigenvalue weighted by atomic mass is 35.5. The van der Waals surface area contributed by atoms with Gasteiger partial charge in [0.1, 0.15) is 11.6 Å². The third-order valence-electron chi connectivity index (χ3n) is 12.1. The lowest BCUT2D eigenvalue weighted by Gasteiger charge is -2.39. The van der Waals surface area contributed by atoms with Gasteiger partial charge in [-0.25, -0.2) is 9.37 Å². The van der Waals surface area contributed by atoms with Crippen LogP contribution in [0.2, 0.25) is 5.02 Å². The van der Waals surface area contributed by atoms with E-state index in [-0.39, 0.29) is 35.1 Å². The van der Waals surface area contributed by atoms with Crippen LogP contribution in [0.4, 0.5) is 17.6 Å². The number of amides is 1. The summed E-state index contributed by atoms with van der Waals surface area (Å²) in [6.45, 7) is 6.83. The first kappa shape index (κ1) is 37.4. The van der Waals surface area contributed by atoms with Gasteiger partial charge in [-0.2, -0.15) is 13.2 Å². The van der Waals surface area contributed by atoms with Crippen LogP contribution >= 0.6 is 11.6 Å². The average molecular weight is 795 g/mol. The van der Waals surface area contributed by atoms with Crippen LogP contribution in [-0.4, -0.2) is 70.5 Å². The molecule has 5 aliphatic rings. The number of imidazole rings is 1. The monoisotopic (exact) mass is 794 g/mol. The molecule has 1 aliphatic carbocycles. The van der Waals surface area contributed by atoms with Crippen LogP contribution in [0.1, 0.15) is 66.8 Å². The number of ether oxygens (including phenoxy) is 3. The van der Waals surface area contributed by atoms with Crippen molar-refractivity contribution in [2.45, 2.75) is 88.8 Å². The Bertz CT molecular complexity index is 2210. The summed E-state index contributed by atoms with van der Waals surface area (Å²) < 4.78 is 77.6. The molecule has 1 amide bonds. The number of hydrazine groups is 1. The van der Waals surface area contributed by atoms with Gasteiger partial charge in [0.25, 0.3) is 11.7 Å². The van der Waals surface area contributed by atoms with E-state index >= 15 is 0 Å². The van der Waals surface area contributed by atoms with Crippen LogP contribution in [0.15, 0.2) is 60.7 Å². The van der Waals surface area contributed by atoms with Gasteiger partial charge < -0.3 is 24.1 Å². The van der Waals surface area contributed by atoms with Crippen molar-refractivity contribution in [1.29, 1.82) is 0 Å². The zero-order valence-electron chi connectivity index (χ0n) is 31.0. The number of nitrogens with one attached hydrogen (secondary N) is 3. The average Bonchev–Trinajstić information content (AvgIpc) is 3.80. The molecule has 1 aromatic heterocycles. The molecule has 4 aromatic rings. The van der Waals surface area contributed by atoms with Gasteiger partial charge in [-0.05, 0) is 86.6 Å². The van der Waals surface area contributed by atoms with E-state index in [2.05, 4.69) is 31.7 Å². The minimum Gasteiger partial charge on any atom is -0.444 e. The highest BCUT2D eigenvalue weighted by Crippen LogP contribution is 2.49. The van der Waals surface area contributed by atoms with Crippen LogP contribution in [0.5, 0.6) is 11.5 Å². The molecule has 4 aliphatic heterocycles. The van der Waals surface area contributed by atoms with Gasteiger partial charge in [0, 0.05) is 60.9 Å². The molecule has 9 rings (SSSR count). The Morgan fingerprint density at radius 3 is 2.68 bits per heavy atom. The number of fused-ring (bicyclic) bond motifs is 3. The van der Waals surface area contributed by atoms with Crippen molar-refractivity contribution in [3.63, 3.8) is 0 Å². The lowest BCUT2D eigenvalue weighted by molar-refractivity contribution is -0.193. The third kappa shape index (κ3) is 6.93. The molecule has 0 spiro atoms.